The second-order valence-electron chi connectivity index (χ2n) is 4.39. The number of rotatable bonds is 3. The van der Waals surface area contributed by atoms with E-state index in [-0.39, 0.29) is 5.91 Å². The molecule has 1 amide bonds. The molecule has 1 atom stereocenters. The first-order chi connectivity index (χ1) is 7.58. The molecule has 4 N–H and O–H groups in total. The molecule has 0 radical (unpaired) electrons. The first-order valence-corrected chi connectivity index (χ1v) is 5.45. The summed E-state index contributed by atoms with van der Waals surface area (Å²) < 4.78 is 0. The first kappa shape index (κ1) is 11.0. The molecule has 0 spiro atoms. The molecule has 0 fully saturated rings. The quantitative estimate of drug-likeness (QED) is 0.734. The minimum atomic E-state index is -0.286. The van der Waals surface area contributed by atoms with Crippen LogP contribution in [-0.2, 0) is 11.2 Å². The maximum Gasteiger partial charge on any atom is 0.231 e. The fourth-order valence-electron chi connectivity index (χ4n) is 2.43. The van der Waals surface area contributed by atoms with Crippen LogP contribution in [0.15, 0.2) is 18.2 Å². The fraction of sp³-hybridized carbons (Fsp3) is 0.417. The van der Waals surface area contributed by atoms with Gasteiger partial charge < -0.3 is 11.5 Å². The van der Waals surface area contributed by atoms with Crippen LogP contribution in [0, 0.1) is 0 Å². The van der Waals surface area contributed by atoms with E-state index >= 15 is 0 Å². The summed E-state index contributed by atoms with van der Waals surface area (Å²) in [4.78, 5) is 12.9. The number of hydrogen-bond acceptors (Lipinski definition) is 3. The number of fused-ring (bicyclic) bond motifs is 1. The Morgan fingerprint density at radius 2 is 2.31 bits per heavy atom. The van der Waals surface area contributed by atoms with Gasteiger partial charge in [0.1, 0.15) is 0 Å². The van der Waals surface area contributed by atoms with Crippen molar-refractivity contribution in [2.24, 2.45) is 5.73 Å². The van der Waals surface area contributed by atoms with Crippen LogP contribution in [0.2, 0.25) is 0 Å². The van der Waals surface area contributed by atoms with Gasteiger partial charge in [0.05, 0.1) is 6.54 Å². The predicted octanol–water partition coefficient (Wildman–Crippen LogP) is 0.673. The van der Waals surface area contributed by atoms with Crippen molar-refractivity contribution in [1.29, 1.82) is 0 Å². The molecule has 2 rings (SSSR count). The highest BCUT2D eigenvalue weighted by Crippen LogP contribution is 2.35. The topological polar surface area (TPSA) is 72.3 Å². The van der Waals surface area contributed by atoms with Gasteiger partial charge in [-0.2, -0.15) is 0 Å². The van der Waals surface area contributed by atoms with Crippen molar-refractivity contribution < 1.29 is 4.79 Å². The Morgan fingerprint density at radius 1 is 1.56 bits per heavy atom. The van der Waals surface area contributed by atoms with Gasteiger partial charge in [0.15, 0.2) is 0 Å². The Morgan fingerprint density at radius 3 is 3.00 bits per heavy atom. The summed E-state index contributed by atoms with van der Waals surface area (Å²) in [5, 5.41) is 0. The molecule has 1 aliphatic carbocycles. The summed E-state index contributed by atoms with van der Waals surface area (Å²) in [5.41, 5.74) is 14.3. The number of primary amides is 1. The fourth-order valence-corrected chi connectivity index (χ4v) is 2.43. The average molecular weight is 219 g/mol. The van der Waals surface area contributed by atoms with Gasteiger partial charge in [0.25, 0.3) is 0 Å². The Balaban J connectivity index is 2.20. The van der Waals surface area contributed by atoms with Crippen molar-refractivity contribution in [1.82, 2.24) is 4.90 Å². The lowest BCUT2D eigenvalue weighted by molar-refractivity contribution is -0.119. The third-order valence-corrected chi connectivity index (χ3v) is 3.15. The molecule has 4 nitrogen and oxygen atoms in total. The zero-order chi connectivity index (χ0) is 11.7. The van der Waals surface area contributed by atoms with Gasteiger partial charge in [-0.25, -0.2) is 0 Å². The lowest BCUT2D eigenvalue weighted by Crippen LogP contribution is -2.32. The van der Waals surface area contributed by atoms with Gasteiger partial charge in [-0.15, -0.1) is 0 Å². The lowest BCUT2D eigenvalue weighted by atomic mass is 10.1. The molecule has 16 heavy (non-hydrogen) atoms. The van der Waals surface area contributed by atoms with E-state index in [0.717, 1.165) is 18.5 Å². The van der Waals surface area contributed by atoms with Gasteiger partial charge >= 0.3 is 0 Å². The van der Waals surface area contributed by atoms with Crippen molar-refractivity contribution in [3.8, 4) is 0 Å². The highest BCUT2D eigenvalue weighted by molar-refractivity contribution is 5.76. The zero-order valence-electron chi connectivity index (χ0n) is 9.44. The number of carbonyl (C=O) groups excluding carboxylic acids is 1. The normalized spacial score (nSPS) is 18.8. The third-order valence-electron chi connectivity index (χ3n) is 3.15. The van der Waals surface area contributed by atoms with Crippen LogP contribution < -0.4 is 11.5 Å². The van der Waals surface area contributed by atoms with E-state index in [0.29, 0.717) is 12.6 Å². The summed E-state index contributed by atoms with van der Waals surface area (Å²) in [6, 6.07) is 6.28. The number of nitrogens with zero attached hydrogens (tertiary/aromatic N) is 1. The maximum atomic E-state index is 10.9. The molecule has 4 heteroatoms. The van der Waals surface area contributed by atoms with E-state index in [1.165, 1.54) is 11.1 Å². The van der Waals surface area contributed by atoms with Gasteiger partial charge in [0.2, 0.25) is 5.91 Å². The molecule has 0 saturated heterocycles. The van der Waals surface area contributed by atoms with Gasteiger partial charge in [-0.1, -0.05) is 6.07 Å². The van der Waals surface area contributed by atoms with Crippen molar-refractivity contribution >= 4 is 11.6 Å². The molecule has 0 bridgehead atoms. The van der Waals surface area contributed by atoms with Crippen LogP contribution in [0.1, 0.15) is 23.6 Å². The van der Waals surface area contributed by atoms with Crippen molar-refractivity contribution in [2.45, 2.75) is 18.9 Å². The number of likely N-dealkylation sites (N-methyl/N-ethyl adjacent to an activating group) is 1. The minimum absolute atomic E-state index is 0.286. The number of anilines is 1. The molecule has 1 aromatic carbocycles. The van der Waals surface area contributed by atoms with E-state index in [4.69, 9.17) is 11.5 Å². The third kappa shape index (κ3) is 2.02. The number of benzene rings is 1. The van der Waals surface area contributed by atoms with Gasteiger partial charge in [-0.05, 0) is 43.1 Å². The van der Waals surface area contributed by atoms with Crippen LogP contribution in [0.3, 0.4) is 0 Å². The van der Waals surface area contributed by atoms with Gasteiger partial charge in [0, 0.05) is 11.7 Å². The lowest BCUT2D eigenvalue weighted by Gasteiger charge is -2.23. The average Bonchev–Trinajstić information content (AvgIpc) is 2.59. The number of nitrogens with two attached hydrogens (primary N) is 2. The molecule has 1 unspecified atom stereocenters. The number of carbonyl (C=O) groups is 1. The van der Waals surface area contributed by atoms with Gasteiger partial charge in [-0.3, -0.25) is 9.69 Å². The summed E-state index contributed by atoms with van der Waals surface area (Å²) in [6.45, 7) is 0.300. The van der Waals surface area contributed by atoms with E-state index in [9.17, 15) is 4.79 Å². The van der Waals surface area contributed by atoms with Crippen LogP contribution in [0.4, 0.5) is 5.69 Å². The molecule has 86 valence electrons. The molecule has 0 aliphatic heterocycles. The molecule has 1 aliphatic rings. The number of hydrogen-bond donors (Lipinski definition) is 2. The Hall–Kier alpha value is -1.55. The second kappa shape index (κ2) is 4.14. The monoisotopic (exact) mass is 219 g/mol. The second-order valence-corrected chi connectivity index (χ2v) is 4.39. The Bertz CT molecular complexity index is 417. The summed E-state index contributed by atoms with van der Waals surface area (Å²) in [6.07, 6.45) is 2.05. The summed E-state index contributed by atoms with van der Waals surface area (Å²) >= 11 is 0. The zero-order valence-corrected chi connectivity index (χ0v) is 9.44. The van der Waals surface area contributed by atoms with E-state index in [1.807, 2.05) is 24.1 Å². The minimum Gasteiger partial charge on any atom is -0.399 e. The molecular weight excluding hydrogens is 202 g/mol. The first-order valence-electron chi connectivity index (χ1n) is 5.45. The molecule has 0 saturated carbocycles. The molecular formula is C12H17N3O. The number of amides is 1. The van der Waals surface area contributed by atoms with Crippen LogP contribution in [0.25, 0.3) is 0 Å². The Kier molecular flexibility index (Phi) is 2.83. The van der Waals surface area contributed by atoms with Crippen LogP contribution in [0.5, 0.6) is 0 Å². The highest BCUT2D eigenvalue weighted by atomic mass is 16.1. The molecule has 0 aromatic heterocycles. The summed E-state index contributed by atoms with van der Waals surface area (Å²) in [5.74, 6) is -0.286. The SMILES string of the molecule is CN(CC(N)=O)C1CCc2cc(N)ccc21. The number of nitrogen functional groups attached to an aromatic ring is 1. The van der Waals surface area contributed by atoms with E-state index in [2.05, 4.69) is 6.07 Å². The Labute approximate surface area is 95.2 Å². The van der Waals surface area contributed by atoms with Crippen molar-refractivity contribution in [3.05, 3.63) is 29.3 Å². The predicted molar refractivity (Wildman–Crippen MR) is 63.7 cm³/mol. The van der Waals surface area contributed by atoms with E-state index in [1.54, 1.807) is 0 Å². The van der Waals surface area contributed by atoms with Crippen LogP contribution >= 0.6 is 0 Å². The molecule has 1 aromatic rings. The van der Waals surface area contributed by atoms with E-state index < -0.39 is 0 Å². The summed E-state index contributed by atoms with van der Waals surface area (Å²) in [7, 11) is 1.93. The largest absolute Gasteiger partial charge is 0.399 e. The maximum absolute atomic E-state index is 10.9. The number of aryl methyl sites for hydroxylation is 1. The van der Waals surface area contributed by atoms with Crippen molar-refractivity contribution in [2.75, 3.05) is 19.3 Å². The highest BCUT2D eigenvalue weighted by Gasteiger charge is 2.26. The smallest absolute Gasteiger partial charge is 0.231 e. The molecule has 0 heterocycles. The standard InChI is InChI=1S/C12H17N3O/c1-15(7-12(14)16)11-5-2-8-6-9(13)3-4-10(8)11/h3-4,6,11H,2,5,7,13H2,1H3,(H2,14,16). The van der Waals surface area contributed by atoms with Crippen molar-refractivity contribution in [3.63, 3.8) is 0 Å². The van der Waals surface area contributed by atoms with Crippen LogP contribution in [-0.4, -0.2) is 24.4 Å².